The summed E-state index contributed by atoms with van der Waals surface area (Å²) in [7, 11) is 0. The number of nitroso groups, excluding NO2 is 1. The number of nitrogen functional groups attached to an aromatic ring is 1. The molecule has 4 heterocycles. The molecular formula is C25H29ClN8O6S4. The van der Waals surface area contributed by atoms with E-state index in [-0.39, 0.29) is 38.4 Å². The molecule has 0 bridgehead atoms. The molecule has 1 saturated heterocycles. The van der Waals surface area contributed by atoms with Crippen molar-refractivity contribution >= 4 is 87.0 Å². The number of rotatable bonds is 14. The molecule has 44 heavy (non-hydrogen) atoms. The third-order valence-corrected chi connectivity index (χ3v) is 11.4. The zero-order valence-corrected chi connectivity index (χ0v) is 27.4. The van der Waals surface area contributed by atoms with Gasteiger partial charge in [0, 0.05) is 46.0 Å². The molecule has 7 N–H and O–H groups in total. The summed E-state index contributed by atoms with van der Waals surface area (Å²) in [6.45, 7) is 4.21. The van der Waals surface area contributed by atoms with E-state index in [0.29, 0.717) is 23.0 Å². The van der Waals surface area contributed by atoms with E-state index in [1.807, 2.05) is 13.8 Å². The molecule has 236 valence electrons. The number of aromatic nitrogens is 2. The van der Waals surface area contributed by atoms with Crippen molar-refractivity contribution < 1.29 is 24.3 Å². The van der Waals surface area contributed by atoms with Crippen LogP contribution in [0.3, 0.4) is 0 Å². The minimum absolute atomic E-state index is 0.0284. The van der Waals surface area contributed by atoms with Crippen LogP contribution in [0.4, 0.5) is 5.13 Å². The molecule has 2 aliphatic heterocycles. The highest BCUT2D eigenvalue weighted by molar-refractivity contribution is 8.06. The first kappa shape index (κ1) is 34.0. The van der Waals surface area contributed by atoms with Gasteiger partial charge in [-0.25, -0.2) is 9.78 Å². The second-order valence-electron chi connectivity index (χ2n) is 9.89. The second-order valence-corrected chi connectivity index (χ2v) is 14.9. The number of thioether (sulfide) groups is 3. The Hall–Kier alpha value is -2.90. The quantitative estimate of drug-likeness (QED) is 0.109. The van der Waals surface area contributed by atoms with Crippen molar-refractivity contribution in [3.63, 3.8) is 0 Å². The van der Waals surface area contributed by atoms with Gasteiger partial charge in [-0.05, 0) is 22.7 Å². The maximum atomic E-state index is 13.1. The molecule has 3 amide bonds. The summed E-state index contributed by atoms with van der Waals surface area (Å²) in [5.41, 5.74) is 12.1. The van der Waals surface area contributed by atoms with Crippen LogP contribution in [0.1, 0.15) is 31.1 Å². The third-order valence-electron chi connectivity index (χ3n) is 6.59. The number of halogens is 1. The topological polar surface area (TPSA) is 223 Å². The molecule has 4 atom stereocenters. The number of anilines is 1. The zero-order chi connectivity index (χ0) is 32.1. The van der Waals surface area contributed by atoms with Crippen LogP contribution in [0.5, 0.6) is 0 Å². The summed E-state index contributed by atoms with van der Waals surface area (Å²) >= 11 is 11.0. The molecule has 4 rings (SSSR count). The van der Waals surface area contributed by atoms with Crippen molar-refractivity contribution in [2.45, 2.75) is 48.0 Å². The van der Waals surface area contributed by atoms with Crippen LogP contribution in [0.2, 0.25) is 4.34 Å². The first-order valence-electron chi connectivity index (χ1n) is 13.1. The van der Waals surface area contributed by atoms with Crippen molar-refractivity contribution in [1.29, 1.82) is 0 Å². The predicted octanol–water partition coefficient (Wildman–Crippen LogP) is 2.40. The van der Waals surface area contributed by atoms with Crippen LogP contribution >= 0.6 is 58.2 Å². The first-order chi connectivity index (χ1) is 20.9. The Bertz CT molecular complexity index is 1490. The fourth-order valence-corrected chi connectivity index (χ4v) is 8.70. The van der Waals surface area contributed by atoms with Gasteiger partial charge in [-0.3, -0.25) is 24.3 Å². The molecule has 2 aromatic rings. The van der Waals surface area contributed by atoms with Gasteiger partial charge in [-0.1, -0.05) is 48.5 Å². The van der Waals surface area contributed by atoms with E-state index in [2.05, 4.69) is 25.8 Å². The number of hydrogen-bond donors (Lipinski definition) is 5. The van der Waals surface area contributed by atoms with E-state index >= 15 is 0 Å². The van der Waals surface area contributed by atoms with Crippen molar-refractivity contribution in [3.05, 3.63) is 49.6 Å². The van der Waals surface area contributed by atoms with Crippen LogP contribution < -0.4 is 22.1 Å². The zero-order valence-electron chi connectivity index (χ0n) is 23.4. The second kappa shape index (κ2) is 14.9. The number of carbonyl (C=O) groups is 4. The number of nitrogens with zero attached hydrogens (tertiary/aromatic N) is 4. The summed E-state index contributed by atoms with van der Waals surface area (Å²) < 4.78 is 0.0284. The molecule has 19 heteroatoms. The number of pyridine rings is 1. The van der Waals surface area contributed by atoms with Crippen molar-refractivity contribution in [3.8, 4) is 0 Å². The third kappa shape index (κ3) is 7.48. The number of fused-ring (bicyclic) bond motifs is 1. The van der Waals surface area contributed by atoms with Crippen LogP contribution in [0, 0.1) is 10.8 Å². The van der Waals surface area contributed by atoms with Gasteiger partial charge in [-0.2, -0.15) is 11.8 Å². The normalized spacial score (nSPS) is 19.2. The number of amides is 3. The van der Waals surface area contributed by atoms with E-state index in [1.165, 1.54) is 23.5 Å². The number of β-lactam (4-membered cyclic amide) rings is 1. The number of hydrogen-bond acceptors (Lipinski definition) is 14. The van der Waals surface area contributed by atoms with Crippen LogP contribution in [-0.4, -0.2) is 79.2 Å². The number of carbonyl (C=O) groups excluding carboxylic acids is 3. The molecule has 1 unspecified atom stereocenters. The Morgan fingerprint density at radius 2 is 2.07 bits per heavy atom. The van der Waals surface area contributed by atoms with Gasteiger partial charge in [-0.15, -0.1) is 16.7 Å². The molecule has 0 saturated carbocycles. The highest BCUT2D eigenvalue weighted by Crippen LogP contribution is 2.46. The lowest BCUT2D eigenvalue weighted by Gasteiger charge is -2.49. The number of nitrogens with two attached hydrogens (primary N) is 2. The average molecular weight is 701 g/mol. The van der Waals surface area contributed by atoms with E-state index in [0.717, 1.165) is 26.7 Å². The Morgan fingerprint density at radius 1 is 1.32 bits per heavy atom. The van der Waals surface area contributed by atoms with Crippen LogP contribution in [0.25, 0.3) is 0 Å². The Kier molecular flexibility index (Phi) is 11.5. The molecule has 0 radical (unpaired) electrons. The number of carboxylic acid groups (broad SMARTS) is 1. The molecule has 14 nitrogen and oxygen atoms in total. The first-order valence-corrected chi connectivity index (χ1v) is 17.3. The fourth-order valence-electron chi connectivity index (χ4n) is 4.23. The van der Waals surface area contributed by atoms with Gasteiger partial charge in [0.2, 0.25) is 11.9 Å². The number of nitrogens with one attached hydrogen (secondary N) is 2. The Balaban J connectivity index is 1.41. The summed E-state index contributed by atoms with van der Waals surface area (Å²) in [5, 5.41) is 17.6. The van der Waals surface area contributed by atoms with Crippen molar-refractivity contribution in [2.24, 2.45) is 16.8 Å². The Morgan fingerprint density at radius 3 is 2.70 bits per heavy atom. The molecule has 0 aromatic carbocycles. The van der Waals surface area contributed by atoms with E-state index < -0.39 is 41.3 Å². The summed E-state index contributed by atoms with van der Waals surface area (Å²) in [6, 6.07) is -1.49. The highest BCUT2D eigenvalue weighted by Gasteiger charge is 2.55. The van der Waals surface area contributed by atoms with E-state index in [4.69, 9.17) is 23.1 Å². The van der Waals surface area contributed by atoms with Gasteiger partial charge < -0.3 is 27.2 Å². The lowest BCUT2D eigenvalue weighted by Crippen LogP contribution is -2.70. The van der Waals surface area contributed by atoms with Gasteiger partial charge in [0.05, 0.1) is 6.04 Å². The van der Waals surface area contributed by atoms with Gasteiger partial charge in [0.1, 0.15) is 27.1 Å². The molecule has 1 fully saturated rings. The predicted molar refractivity (Wildman–Crippen MR) is 172 cm³/mol. The standard InChI is InChI=1S/C25H29ClN8O6S4/c1-10(2)14(27)20(35)30-5-6-41-8-11-7-29-4-3-12(11)43-13-9-42-23-17(22(37)34(23)18(13)24(38)39)31-21(36)16(33-40)15-19(26)44-25(28)32-15/h3-4,7,10,14,16-17,23H,5-6,8-9,27H2,1-2H3,(H2,28,32)(H,30,35)(H,31,36)(H,38,39)/t14-,16?,17+,23-/m0/s1. The maximum Gasteiger partial charge on any atom is 0.353 e. The summed E-state index contributed by atoms with van der Waals surface area (Å²) in [6.07, 6.45) is 3.30. The number of carboxylic acids is 1. The highest BCUT2D eigenvalue weighted by atomic mass is 35.5. The monoisotopic (exact) mass is 700 g/mol. The largest absolute Gasteiger partial charge is 0.477 e. The van der Waals surface area contributed by atoms with Gasteiger partial charge in [0.15, 0.2) is 5.13 Å². The Labute approximate surface area is 273 Å². The molecule has 2 aliphatic rings. The number of thiazole rings is 1. The van der Waals surface area contributed by atoms with Gasteiger partial charge >= 0.3 is 5.97 Å². The molecule has 0 aliphatic carbocycles. The van der Waals surface area contributed by atoms with Crippen LogP contribution in [0.15, 0.2) is 39.1 Å². The van der Waals surface area contributed by atoms with Crippen molar-refractivity contribution in [2.75, 3.05) is 23.8 Å². The van der Waals surface area contributed by atoms with E-state index in [1.54, 1.807) is 30.2 Å². The maximum absolute atomic E-state index is 13.1. The average Bonchev–Trinajstić information content (AvgIpc) is 3.32. The minimum Gasteiger partial charge on any atom is -0.477 e. The molecule has 2 aromatic heterocycles. The summed E-state index contributed by atoms with van der Waals surface area (Å²) in [4.78, 5) is 72.3. The lowest BCUT2D eigenvalue weighted by atomic mass is 10.0. The van der Waals surface area contributed by atoms with Crippen LogP contribution in [-0.2, 0) is 24.9 Å². The minimum atomic E-state index is -1.62. The molecular weight excluding hydrogens is 672 g/mol. The van der Waals surface area contributed by atoms with Crippen molar-refractivity contribution in [1.82, 2.24) is 25.5 Å². The smallest absolute Gasteiger partial charge is 0.353 e. The lowest BCUT2D eigenvalue weighted by molar-refractivity contribution is -0.150. The SMILES string of the molecule is CC(C)[C@H](N)C(=O)NCCSCc1cnccc1SC1=C(C(=O)O)N2C(=O)[C@@H](NC(=O)C(N=O)c3nc(N)sc3Cl)[C@@H]2SC1. The summed E-state index contributed by atoms with van der Waals surface area (Å²) in [5.74, 6) is -1.53. The fraction of sp³-hybridized carbons (Fsp3) is 0.440. The van der Waals surface area contributed by atoms with E-state index in [9.17, 15) is 29.2 Å². The number of aliphatic carboxylic acids is 1. The van der Waals surface area contributed by atoms with Gasteiger partial charge in [0.25, 0.3) is 11.8 Å². The molecule has 0 spiro atoms.